The largest absolute Gasteiger partial charge is 0.375 e. The summed E-state index contributed by atoms with van der Waals surface area (Å²) in [6.07, 6.45) is 0. The van der Waals surface area contributed by atoms with Gasteiger partial charge in [0, 0.05) is 6.54 Å². The molecule has 1 aliphatic rings. The molecule has 2 aromatic carbocycles. The summed E-state index contributed by atoms with van der Waals surface area (Å²) in [6.45, 7) is 4.49. The molecule has 1 heterocycles. The maximum absolute atomic E-state index is 5.66. The van der Waals surface area contributed by atoms with Gasteiger partial charge in [-0.3, -0.25) is 0 Å². The Morgan fingerprint density at radius 2 is 2.05 bits per heavy atom. The third-order valence-corrected chi connectivity index (χ3v) is 3.61. The third kappa shape index (κ3) is 2.86. The molecule has 0 amide bonds. The van der Waals surface area contributed by atoms with Gasteiger partial charge in [-0.05, 0) is 23.6 Å². The van der Waals surface area contributed by atoms with Crippen molar-refractivity contribution in [3.05, 3.63) is 70.8 Å². The average molecular weight is 253 g/mol. The Kier molecular flexibility index (Phi) is 3.62. The molecule has 1 aliphatic heterocycles. The molecule has 1 atom stereocenters. The normalized spacial score (nSPS) is 18.1. The van der Waals surface area contributed by atoms with Crippen molar-refractivity contribution in [2.45, 2.75) is 26.1 Å². The Bertz CT molecular complexity index is 565. The number of aryl methyl sites for hydroxylation is 1. The van der Waals surface area contributed by atoms with Gasteiger partial charge in [-0.15, -0.1) is 0 Å². The van der Waals surface area contributed by atoms with Crippen molar-refractivity contribution in [1.29, 1.82) is 0 Å². The highest BCUT2D eigenvalue weighted by molar-refractivity contribution is 5.31. The predicted octanol–water partition coefficient (Wildman–Crippen LogP) is 3.36. The number of nitrogens with one attached hydrogen (secondary N) is 1. The highest BCUT2D eigenvalue weighted by atomic mass is 16.5. The van der Waals surface area contributed by atoms with E-state index in [0.29, 0.717) is 6.04 Å². The summed E-state index contributed by atoms with van der Waals surface area (Å²) >= 11 is 0. The SMILES string of the molecule is Cc1cccc(CNC2COCc3ccccc32)c1. The van der Waals surface area contributed by atoms with Crippen LogP contribution in [0, 0.1) is 6.92 Å². The van der Waals surface area contributed by atoms with Gasteiger partial charge in [0.1, 0.15) is 0 Å². The molecule has 2 aromatic rings. The van der Waals surface area contributed by atoms with Gasteiger partial charge < -0.3 is 10.1 Å². The van der Waals surface area contributed by atoms with Gasteiger partial charge in [0.05, 0.1) is 19.3 Å². The molecule has 0 aliphatic carbocycles. The fourth-order valence-corrected chi connectivity index (χ4v) is 2.61. The second-order valence-corrected chi connectivity index (χ2v) is 5.14. The molecule has 3 rings (SSSR count). The standard InChI is InChI=1S/C17H19NO/c1-13-5-4-6-14(9-13)10-18-17-12-19-11-15-7-2-3-8-16(15)17/h2-9,17-18H,10-12H2,1H3. The highest BCUT2D eigenvalue weighted by Gasteiger charge is 2.19. The van der Waals surface area contributed by atoms with E-state index in [-0.39, 0.29) is 0 Å². The van der Waals surface area contributed by atoms with Crippen LogP contribution >= 0.6 is 0 Å². The van der Waals surface area contributed by atoms with Crippen molar-refractivity contribution in [1.82, 2.24) is 5.32 Å². The van der Waals surface area contributed by atoms with E-state index >= 15 is 0 Å². The van der Waals surface area contributed by atoms with Gasteiger partial charge >= 0.3 is 0 Å². The lowest BCUT2D eigenvalue weighted by atomic mass is 9.99. The number of ether oxygens (including phenoxy) is 1. The van der Waals surface area contributed by atoms with Gasteiger partial charge in [0.15, 0.2) is 0 Å². The first-order chi connectivity index (χ1) is 9.33. The Balaban J connectivity index is 1.71. The minimum Gasteiger partial charge on any atom is -0.375 e. The van der Waals surface area contributed by atoms with E-state index in [4.69, 9.17) is 4.74 Å². The van der Waals surface area contributed by atoms with Crippen LogP contribution in [0.4, 0.5) is 0 Å². The molecule has 0 bridgehead atoms. The molecule has 0 radical (unpaired) electrons. The van der Waals surface area contributed by atoms with Crippen LogP contribution in [0.25, 0.3) is 0 Å². The number of rotatable bonds is 3. The summed E-state index contributed by atoms with van der Waals surface area (Å²) in [5.41, 5.74) is 5.31. The Labute approximate surface area is 114 Å². The zero-order chi connectivity index (χ0) is 13.1. The van der Waals surface area contributed by atoms with Crippen LogP contribution < -0.4 is 5.32 Å². The first-order valence-corrected chi connectivity index (χ1v) is 6.77. The Morgan fingerprint density at radius 3 is 2.95 bits per heavy atom. The van der Waals surface area contributed by atoms with Gasteiger partial charge in [-0.2, -0.15) is 0 Å². The molecule has 1 N–H and O–H groups in total. The Hall–Kier alpha value is -1.64. The van der Waals surface area contributed by atoms with Crippen molar-refractivity contribution in [2.75, 3.05) is 6.61 Å². The smallest absolute Gasteiger partial charge is 0.0721 e. The summed E-state index contributed by atoms with van der Waals surface area (Å²) in [5, 5.41) is 3.60. The topological polar surface area (TPSA) is 21.3 Å². The van der Waals surface area contributed by atoms with Crippen LogP contribution in [0.15, 0.2) is 48.5 Å². The lowest BCUT2D eigenvalue weighted by molar-refractivity contribution is 0.0817. The van der Waals surface area contributed by atoms with Crippen LogP contribution in [0.1, 0.15) is 28.3 Å². The molecule has 1 unspecified atom stereocenters. The number of benzene rings is 2. The van der Waals surface area contributed by atoms with E-state index in [9.17, 15) is 0 Å². The van der Waals surface area contributed by atoms with Crippen LogP contribution in [0.5, 0.6) is 0 Å². The second-order valence-electron chi connectivity index (χ2n) is 5.14. The molecule has 0 saturated carbocycles. The van der Waals surface area contributed by atoms with E-state index < -0.39 is 0 Å². The fraction of sp³-hybridized carbons (Fsp3) is 0.294. The first-order valence-electron chi connectivity index (χ1n) is 6.77. The van der Waals surface area contributed by atoms with E-state index in [1.165, 1.54) is 22.3 Å². The molecule has 98 valence electrons. The summed E-state index contributed by atoms with van der Waals surface area (Å²) in [7, 11) is 0. The minimum absolute atomic E-state index is 0.297. The zero-order valence-corrected chi connectivity index (χ0v) is 11.2. The van der Waals surface area contributed by atoms with Crippen molar-refractivity contribution >= 4 is 0 Å². The van der Waals surface area contributed by atoms with E-state index in [0.717, 1.165) is 19.8 Å². The van der Waals surface area contributed by atoms with Gasteiger partial charge in [-0.1, -0.05) is 54.1 Å². The molecule has 2 nitrogen and oxygen atoms in total. The number of hydrogen-bond acceptors (Lipinski definition) is 2. The quantitative estimate of drug-likeness (QED) is 0.905. The minimum atomic E-state index is 0.297. The van der Waals surface area contributed by atoms with Crippen LogP contribution in [-0.4, -0.2) is 6.61 Å². The Morgan fingerprint density at radius 1 is 1.16 bits per heavy atom. The fourth-order valence-electron chi connectivity index (χ4n) is 2.61. The number of hydrogen-bond donors (Lipinski definition) is 1. The summed E-state index contributed by atoms with van der Waals surface area (Å²) in [4.78, 5) is 0. The summed E-state index contributed by atoms with van der Waals surface area (Å²) in [6, 6.07) is 17.4. The van der Waals surface area contributed by atoms with Gasteiger partial charge in [0.25, 0.3) is 0 Å². The average Bonchev–Trinajstić information content (AvgIpc) is 2.45. The zero-order valence-electron chi connectivity index (χ0n) is 11.2. The van der Waals surface area contributed by atoms with Crippen LogP contribution in [-0.2, 0) is 17.9 Å². The second kappa shape index (κ2) is 5.55. The molecular weight excluding hydrogens is 234 g/mol. The molecule has 0 fully saturated rings. The van der Waals surface area contributed by atoms with Crippen molar-refractivity contribution in [3.8, 4) is 0 Å². The lowest BCUT2D eigenvalue weighted by Crippen LogP contribution is -2.29. The molecule has 0 aromatic heterocycles. The number of fused-ring (bicyclic) bond motifs is 1. The highest BCUT2D eigenvalue weighted by Crippen LogP contribution is 2.24. The van der Waals surface area contributed by atoms with Crippen LogP contribution in [0.2, 0.25) is 0 Å². The van der Waals surface area contributed by atoms with Gasteiger partial charge in [-0.25, -0.2) is 0 Å². The molecule has 0 saturated heterocycles. The van der Waals surface area contributed by atoms with Crippen LogP contribution in [0.3, 0.4) is 0 Å². The summed E-state index contributed by atoms with van der Waals surface area (Å²) < 4.78 is 5.66. The van der Waals surface area contributed by atoms with Crippen molar-refractivity contribution in [3.63, 3.8) is 0 Å². The van der Waals surface area contributed by atoms with Crippen molar-refractivity contribution in [2.24, 2.45) is 0 Å². The van der Waals surface area contributed by atoms with E-state index in [2.05, 4.69) is 60.8 Å². The van der Waals surface area contributed by atoms with Gasteiger partial charge in [0.2, 0.25) is 0 Å². The molecule has 19 heavy (non-hydrogen) atoms. The molecule has 2 heteroatoms. The van der Waals surface area contributed by atoms with Crippen molar-refractivity contribution < 1.29 is 4.74 Å². The molecule has 0 spiro atoms. The molecular formula is C17H19NO. The first kappa shape index (κ1) is 12.4. The summed E-state index contributed by atoms with van der Waals surface area (Å²) in [5.74, 6) is 0. The monoisotopic (exact) mass is 253 g/mol. The third-order valence-electron chi connectivity index (χ3n) is 3.61. The van der Waals surface area contributed by atoms with E-state index in [1.54, 1.807) is 0 Å². The van der Waals surface area contributed by atoms with E-state index in [1.807, 2.05) is 0 Å². The predicted molar refractivity (Wildman–Crippen MR) is 76.9 cm³/mol. The maximum atomic E-state index is 5.66. The lowest BCUT2D eigenvalue weighted by Gasteiger charge is -2.26. The maximum Gasteiger partial charge on any atom is 0.0721 e.